The molecule has 0 radical (unpaired) electrons. The lowest BCUT2D eigenvalue weighted by Crippen LogP contribution is -2.15. The molecule has 0 aliphatic heterocycles. The molecule has 0 aliphatic carbocycles. The number of aliphatic carboxylic acids is 1. The van der Waals surface area contributed by atoms with E-state index in [2.05, 4.69) is 15.3 Å². The second-order valence-electron chi connectivity index (χ2n) is 4.60. The van der Waals surface area contributed by atoms with Crippen molar-refractivity contribution in [3.63, 3.8) is 0 Å². The molecule has 0 spiro atoms. The zero-order valence-corrected chi connectivity index (χ0v) is 11.1. The van der Waals surface area contributed by atoms with Gasteiger partial charge >= 0.3 is 5.97 Å². The monoisotopic (exact) mass is 259 g/mol. The molecule has 0 aliphatic rings. The zero-order valence-electron chi connectivity index (χ0n) is 11.1. The molecule has 5 heteroatoms. The van der Waals surface area contributed by atoms with Gasteiger partial charge in [-0.2, -0.15) is 0 Å². The van der Waals surface area contributed by atoms with E-state index in [9.17, 15) is 4.79 Å². The SMILES string of the molecule is Cc1nc2ccccc2nc1NCCC(C)C(=O)O. The van der Waals surface area contributed by atoms with Crippen LogP contribution in [-0.4, -0.2) is 27.6 Å². The van der Waals surface area contributed by atoms with Crippen molar-refractivity contribution in [1.82, 2.24) is 9.97 Å². The van der Waals surface area contributed by atoms with E-state index in [4.69, 9.17) is 5.11 Å². The van der Waals surface area contributed by atoms with Crippen molar-refractivity contribution in [2.45, 2.75) is 20.3 Å². The fourth-order valence-corrected chi connectivity index (χ4v) is 1.79. The van der Waals surface area contributed by atoms with Gasteiger partial charge in [0.15, 0.2) is 0 Å². The average molecular weight is 259 g/mol. The molecule has 100 valence electrons. The Hall–Kier alpha value is -2.17. The first-order chi connectivity index (χ1) is 9.08. The summed E-state index contributed by atoms with van der Waals surface area (Å²) in [7, 11) is 0. The number of nitrogens with one attached hydrogen (secondary N) is 1. The highest BCUT2D eigenvalue weighted by Crippen LogP contribution is 2.16. The summed E-state index contributed by atoms with van der Waals surface area (Å²) < 4.78 is 0. The Kier molecular flexibility index (Phi) is 3.94. The summed E-state index contributed by atoms with van der Waals surface area (Å²) in [6.07, 6.45) is 0.559. The number of fused-ring (bicyclic) bond motifs is 1. The van der Waals surface area contributed by atoms with Crippen LogP contribution in [0.3, 0.4) is 0 Å². The molecule has 0 bridgehead atoms. The van der Waals surface area contributed by atoms with Crippen LogP contribution in [0.15, 0.2) is 24.3 Å². The van der Waals surface area contributed by atoms with Gasteiger partial charge in [0.1, 0.15) is 5.82 Å². The second kappa shape index (κ2) is 5.65. The van der Waals surface area contributed by atoms with Crippen LogP contribution < -0.4 is 5.32 Å². The van der Waals surface area contributed by atoms with E-state index in [1.54, 1.807) is 6.92 Å². The normalized spacial score (nSPS) is 12.3. The van der Waals surface area contributed by atoms with Crippen molar-refractivity contribution in [3.8, 4) is 0 Å². The molecule has 5 nitrogen and oxygen atoms in total. The smallest absolute Gasteiger partial charge is 0.306 e. The lowest BCUT2D eigenvalue weighted by Gasteiger charge is -2.10. The number of hydrogen-bond acceptors (Lipinski definition) is 4. The molecule has 1 aromatic heterocycles. The van der Waals surface area contributed by atoms with Gasteiger partial charge in [-0.3, -0.25) is 4.79 Å². The fraction of sp³-hybridized carbons (Fsp3) is 0.357. The zero-order chi connectivity index (χ0) is 13.8. The van der Waals surface area contributed by atoms with Gasteiger partial charge in [-0.1, -0.05) is 19.1 Å². The van der Waals surface area contributed by atoms with Gasteiger partial charge in [0.25, 0.3) is 0 Å². The number of rotatable bonds is 5. The van der Waals surface area contributed by atoms with Gasteiger partial charge in [0.05, 0.1) is 22.6 Å². The van der Waals surface area contributed by atoms with Crippen LogP contribution in [0.1, 0.15) is 19.0 Å². The Morgan fingerprint density at radius 3 is 2.58 bits per heavy atom. The van der Waals surface area contributed by atoms with Crippen molar-refractivity contribution in [1.29, 1.82) is 0 Å². The predicted molar refractivity (Wildman–Crippen MR) is 74.2 cm³/mol. The predicted octanol–water partition coefficient (Wildman–Crippen LogP) is 2.46. The standard InChI is InChI=1S/C14H17N3O2/c1-9(14(18)19)7-8-15-13-10(2)16-11-5-3-4-6-12(11)17-13/h3-6,9H,7-8H2,1-2H3,(H,15,17)(H,18,19). The molecular weight excluding hydrogens is 242 g/mol. The number of carbonyl (C=O) groups is 1. The molecule has 1 atom stereocenters. The number of aromatic nitrogens is 2. The maximum Gasteiger partial charge on any atom is 0.306 e. The van der Waals surface area contributed by atoms with Gasteiger partial charge in [0, 0.05) is 6.54 Å². The summed E-state index contributed by atoms with van der Waals surface area (Å²) in [5.41, 5.74) is 2.52. The van der Waals surface area contributed by atoms with Gasteiger partial charge in [-0.15, -0.1) is 0 Å². The van der Waals surface area contributed by atoms with E-state index in [-0.39, 0.29) is 5.92 Å². The van der Waals surface area contributed by atoms with Crippen LogP contribution in [0.5, 0.6) is 0 Å². The van der Waals surface area contributed by atoms with E-state index < -0.39 is 5.97 Å². The molecule has 0 amide bonds. The molecule has 0 saturated heterocycles. The van der Waals surface area contributed by atoms with E-state index >= 15 is 0 Å². The lowest BCUT2D eigenvalue weighted by molar-refractivity contribution is -0.141. The van der Waals surface area contributed by atoms with Crippen molar-refractivity contribution in [2.24, 2.45) is 5.92 Å². The Balaban J connectivity index is 2.08. The van der Waals surface area contributed by atoms with Crippen LogP contribution in [0, 0.1) is 12.8 Å². The lowest BCUT2D eigenvalue weighted by atomic mass is 10.1. The topological polar surface area (TPSA) is 75.1 Å². The highest BCUT2D eigenvalue weighted by atomic mass is 16.4. The van der Waals surface area contributed by atoms with Crippen molar-refractivity contribution in [3.05, 3.63) is 30.0 Å². The first-order valence-corrected chi connectivity index (χ1v) is 6.28. The van der Waals surface area contributed by atoms with E-state index in [0.29, 0.717) is 13.0 Å². The Bertz CT molecular complexity index is 598. The van der Waals surface area contributed by atoms with Gasteiger partial charge in [-0.05, 0) is 25.5 Å². The van der Waals surface area contributed by atoms with E-state index in [1.807, 2.05) is 31.2 Å². The molecule has 0 fully saturated rings. The number of para-hydroxylation sites is 2. The van der Waals surface area contributed by atoms with Gasteiger partial charge < -0.3 is 10.4 Å². The van der Waals surface area contributed by atoms with Crippen LogP contribution in [0.4, 0.5) is 5.82 Å². The molecule has 1 heterocycles. The molecular formula is C14H17N3O2. The molecule has 2 aromatic rings. The third kappa shape index (κ3) is 3.19. The average Bonchev–Trinajstić information content (AvgIpc) is 2.39. The fourth-order valence-electron chi connectivity index (χ4n) is 1.79. The van der Waals surface area contributed by atoms with Crippen LogP contribution in [0.2, 0.25) is 0 Å². The third-order valence-electron chi connectivity index (χ3n) is 3.04. The highest BCUT2D eigenvalue weighted by Gasteiger charge is 2.10. The summed E-state index contributed by atoms with van der Waals surface area (Å²) in [6, 6.07) is 7.68. The number of nitrogens with zero attached hydrogens (tertiary/aromatic N) is 2. The quantitative estimate of drug-likeness (QED) is 0.862. The molecule has 1 aromatic carbocycles. The van der Waals surface area contributed by atoms with Crippen molar-refractivity contribution in [2.75, 3.05) is 11.9 Å². The maximum absolute atomic E-state index is 10.7. The van der Waals surface area contributed by atoms with Crippen LogP contribution >= 0.6 is 0 Å². The first-order valence-electron chi connectivity index (χ1n) is 6.28. The minimum atomic E-state index is -0.775. The highest BCUT2D eigenvalue weighted by molar-refractivity contribution is 5.76. The number of anilines is 1. The summed E-state index contributed by atoms with van der Waals surface area (Å²) in [4.78, 5) is 19.7. The largest absolute Gasteiger partial charge is 0.481 e. The Labute approximate surface area is 111 Å². The molecule has 2 rings (SSSR count). The summed E-state index contributed by atoms with van der Waals surface area (Å²) in [5, 5.41) is 12.0. The molecule has 19 heavy (non-hydrogen) atoms. The van der Waals surface area contributed by atoms with Gasteiger partial charge in [-0.25, -0.2) is 9.97 Å². The van der Waals surface area contributed by atoms with Crippen LogP contribution in [0.25, 0.3) is 11.0 Å². The van der Waals surface area contributed by atoms with E-state index in [1.165, 1.54) is 0 Å². The summed E-state index contributed by atoms with van der Waals surface area (Å²) in [5.74, 6) is -0.416. The van der Waals surface area contributed by atoms with Crippen molar-refractivity contribution < 1.29 is 9.90 Å². The molecule has 2 N–H and O–H groups in total. The number of aryl methyl sites for hydroxylation is 1. The molecule has 0 saturated carbocycles. The number of hydrogen-bond donors (Lipinski definition) is 2. The first kappa shape index (κ1) is 13.3. The Morgan fingerprint density at radius 2 is 1.95 bits per heavy atom. The summed E-state index contributed by atoms with van der Waals surface area (Å²) >= 11 is 0. The maximum atomic E-state index is 10.7. The Morgan fingerprint density at radius 1 is 1.32 bits per heavy atom. The van der Waals surface area contributed by atoms with Gasteiger partial charge in [0.2, 0.25) is 0 Å². The second-order valence-corrected chi connectivity index (χ2v) is 4.60. The van der Waals surface area contributed by atoms with Crippen molar-refractivity contribution >= 4 is 22.8 Å². The molecule has 1 unspecified atom stereocenters. The number of benzene rings is 1. The number of carboxylic acid groups (broad SMARTS) is 1. The summed E-state index contributed by atoms with van der Waals surface area (Å²) in [6.45, 7) is 4.16. The minimum Gasteiger partial charge on any atom is -0.481 e. The third-order valence-corrected chi connectivity index (χ3v) is 3.04. The van der Waals surface area contributed by atoms with E-state index in [0.717, 1.165) is 22.5 Å². The minimum absolute atomic E-state index is 0.360. The van der Waals surface area contributed by atoms with Crippen LogP contribution in [-0.2, 0) is 4.79 Å². The number of carboxylic acids is 1.